The molecule has 0 unspecified atom stereocenters. The van der Waals surface area contributed by atoms with Crippen LogP contribution in [-0.2, 0) is 4.79 Å². The van der Waals surface area contributed by atoms with Gasteiger partial charge in [-0.3, -0.25) is 4.79 Å². The van der Waals surface area contributed by atoms with E-state index in [1.807, 2.05) is 0 Å². The summed E-state index contributed by atoms with van der Waals surface area (Å²) in [4.78, 5) is 16.2. The summed E-state index contributed by atoms with van der Waals surface area (Å²) in [5.41, 5.74) is 1.48. The van der Waals surface area contributed by atoms with Crippen molar-refractivity contribution in [2.75, 3.05) is 11.1 Å². The predicted octanol–water partition coefficient (Wildman–Crippen LogP) is 3.37. The van der Waals surface area contributed by atoms with Crippen molar-refractivity contribution in [3.05, 3.63) is 41.4 Å². The molecular formula is C14H11FN4O2S2. The lowest BCUT2D eigenvalue weighted by molar-refractivity contribution is -0.113. The van der Waals surface area contributed by atoms with E-state index in [0.717, 1.165) is 17.3 Å². The van der Waals surface area contributed by atoms with Gasteiger partial charge in [0.1, 0.15) is 5.82 Å². The molecule has 3 rings (SSSR count). The van der Waals surface area contributed by atoms with Gasteiger partial charge in [-0.1, -0.05) is 11.8 Å². The van der Waals surface area contributed by atoms with E-state index in [1.54, 1.807) is 24.4 Å². The maximum Gasteiger partial charge on any atom is 0.277 e. The van der Waals surface area contributed by atoms with Gasteiger partial charge >= 0.3 is 0 Å². The Kier molecular flexibility index (Phi) is 4.68. The zero-order valence-electron chi connectivity index (χ0n) is 11.9. The molecule has 0 fully saturated rings. The van der Waals surface area contributed by atoms with Crippen LogP contribution in [0.2, 0.25) is 0 Å². The summed E-state index contributed by atoms with van der Waals surface area (Å²) in [6, 6.07) is 6.03. The second kappa shape index (κ2) is 6.88. The summed E-state index contributed by atoms with van der Waals surface area (Å²) in [7, 11) is 0. The van der Waals surface area contributed by atoms with Crippen LogP contribution in [0, 0.1) is 12.7 Å². The number of aromatic nitrogens is 3. The Morgan fingerprint density at radius 1 is 1.35 bits per heavy atom. The van der Waals surface area contributed by atoms with E-state index in [2.05, 4.69) is 20.5 Å². The third kappa shape index (κ3) is 4.14. The smallest absolute Gasteiger partial charge is 0.277 e. The van der Waals surface area contributed by atoms with Crippen LogP contribution in [0.5, 0.6) is 0 Å². The first-order valence-corrected chi connectivity index (χ1v) is 8.41. The second-order valence-corrected chi connectivity index (χ2v) is 6.25. The largest absolute Gasteiger partial charge is 0.416 e. The quantitative estimate of drug-likeness (QED) is 0.711. The summed E-state index contributed by atoms with van der Waals surface area (Å²) in [5, 5.41) is 12.8. The van der Waals surface area contributed by atoms with Crippen molar-refractivity contribution in [3.63, 3.8) is 0 Å². The van der Waals surface area contributed by atoms with Gasteiger partial charge in [-0.05, 0) is 24.3 Å². The SMILES string of the molecule is Cc1nnc(SCC(=O)Nc2nc(-c3ccc(F)cc3)cs2)o1. The third-order valence-electron chi connectivity index (χ3n) is 2.72. The maximum atomic E-state index is 12.9. The van der Waals surface area contributed by atoms with E-state index in [0.29, 0.717) is 21.9 Å². The van der Waals surface area contributed by atoms with Crippen LogP contribution in [0.1, 0.15) is 5.89 Å². The van der Waals surface area contributed by atoms with Crippen LogP contribution >= 0.6 is 23.1 Å². The van der Waals surface area contributed by atoms with Gasteiger partial charge in [-0.2, -0.15) is 0 Å². The molecule has 6 nitrogen and oxygen atoms in total. The molecule has 23 heavy (non-hydrogen) atoms. The molecule has 0 saturated carbocycles. The first-order chi connectivity index (χ1) is 11.1. The molecule has 2 aromatic heterocycles. The Labute approximate surface area is 139 Å². The lowest BCUT2D eigenvalue weighted by atomic mass is 10.2. The molecule has 0 saturated heterocycles. The number of carbonyl (C=O) groups excluding carboxylic acids is 1. The molecule has 0 atom stereocenters. The van der Waals surface area contributed by atoms with Crippen LogP contribution in [0.3, 0.4) is 0 Å². The van der Waals surface area contributed by atoms with Crippen LogP contribution in [0.25, 0.3) is 11.3 Å². The van der Waals surface area contributed by atoms with Crippen LogP contribution < -0.4 is 5.32 Å². The highest BCUT2D eigenvalue weighted by atomic mass is 32.2. The van der Waals surface area contributed by atoms with E-state index >= 15 is 0 Å². The number of hydrogen-bond donors (Lipinski definition) is 1. The molecular weight excluding hydrogens is 339 g/mol. The molecule has 0 aliphatic carbocycles. The van der Waals surface area contributed by atoms with Gasteiger partial charge in [-0.25, -0.2) is 9.37 Å². The molecule has 0 spiro atoms. The standard InChI is InChI=1S/C14H11FN4O2S2/c1-8-18-19-14(21-8)23-7-12(20)17-13-16-11(6-22-13)9-2-4-10(15)5-3-9/h2-6H,7H2,1H3,(H,16,17,20). The van der Waals surface area contributed by atoms with Gasteiger partial charge in [0.25, 0.3) is 5.22 Å². The predicted molar refractivity (Wildman–Crippen MR) is 85.9 cm³/mol. The molecule has 118 valence electrons. The van der Waals surface area contributed by atoms with E-state index in [-0.39, 0.29) is 17.5 Å². The highest BCUT2D eigenvalue weighted by molar-refractivity contribution is 7.99. The Bertz CT molecular complexity index is 816. The number of halogens is 1. The monoisotopic (exact) mass is 350 g/mol. The molecule has 0 aliphatic rings. The van der Waals surface area contributed by atoms with Gasteiger partial charge in [0.2, 0.25) is 11.8 Å². The third-order valence-corrected chi connectivity index (χ3v) is 4.30. The molecule has 0 aliphatic heterocycles. The summed E-state index contributed by atoms with van der Waals surface area (Å²) in [6.45, 7) is 1.68. The fourth-order valence-electron chi connectivity index (χ4n) is 1.70. The Balaban J connectivity index is 1.58. The first-order valence-electron chi connectivity index (χ1n) is 6.54. The molecule has 2 heterocycles. The molecule has 0 radical (unpaired) electrons. The molecule has 1 aromatic carbocycles. The Hall–Kier alpha value is -2.26. The van der Waals surface area contributed by atoms with Gasteiger partial charge in [-0.15, -0.1) is 21.5 Å². The highest BCUT2D eigenvalue weighted by Gasteiger charge is 2.11. The van der Waals surface area contributed by atoms with Crippen molar-refractivity contribution in [2.45, 2.75) is 12.1 Å². The van der Waals surface area contributed by atoms with E-state index in [1.165, 1.54) is 23.5 Å². The summed E-state index contributed by atoms with van der Waals surface area (Å²) >= 11 is 2.46. The zero-order valence-corrected chi connectivity index (χ0v) is 13.6. The number of hydrogen-bond acceptors (Lipinski definition) is 7. The number of nitrogens with zero attached hydrogens (tertiary/aromatic N) is 3. The van der Waals surface area contributed by atoms with Gasteiger partial charge in [0, 0.05) is 17.9 Å². The lowest BCUT2D eigenvalue weighted by Crippen LogP contribution is -2.13. The fraction of sp³-hybridized carbons (Fsp3) is 0.143. The first kappa shape index (κ1) is 15.6. The fourth-order valence-corrected chi connectivity index (χ4v) is 3.04. The van der Waals surface area contributed by atoms with Gasteiger partial charge in [0.15, 0.2) is 5.13 Å². The number of carbonyl (C=O) groups is 1. The van der Waals surface area contributed by atoms with Crippen molar-refractivity contribution in [1.82, 2.24) is 15.2 Å². The minimum Gasteiger partial charge on any atom is -0.416 e. The molecule has 1 amide bonds. The molecule has 1 N–H and O–H groups in total. The number of nitrogens with one attached hydrogen (secondary N) is 1. The molecule has 0 bridgehead atoms. The zero-order chi connectivity index (χ0) is 16.2. The van der Waals surface area contributed by atoms with Crippen molar-refractivity contribution < 1.29 is 13.6 Å². The van der Waals surface area contributed by atoms with Gasteiger partial charge in [0.05, 0.1) is 11.4 Å². The number of anilines is 1. The average Bonchev–Trinajstić information content (AvgIpc) is 3.15. The topological polar surface area (TPSA) is 80.9 Å². The van der Waals surface area contributed by atoms with Crippen molar-refractivity contribution in [3.8, 4) is 11.3 Å². The summed E-state index contributed by atoms with van der Waals surface area (Å²) in [6.07, 6.45) is 0. The minimum absolute atomic E-state index is 0.146. The normalized spacial score (nSPS) is 10.7. The number of amides is 1. The number of thiazole rings is 1. The van der Waals surface area contributed by atoms with Crippen molar-refractivity contribution in [2.24, 2.45) is 0 Å². The average molecular weight is 350 g/mol. The van der Waals surface area contributed by atoms with Crippen molar-refractivity contribution >= 4 is 34.1 Å². The van der Waals surface area contributed by atoms with Crippen LogP contribution in [0.4, 0.5) is 9.52 Å². The molecule has 9 heteroatoms. The second-order valence-electron chi connectivity index (χ2n) is 4.47. The van der Waals surface area contributed by atoms with Gasteiger partial charge < -0.3 is 9.73 Å². The summed E-state index contributed by atoms with van der Waals surface area (Å²) < 4.78 is 18.1. The number of aryl methyl sites for hydroxylation is 1. The minimum atomic E-state index is -0.300. The van der Waals surface area contributed by atoms with E-state index in [9.17, 15) is 9.18 Å². The van der Waals surface area contributed by atoms with Crippen molar-refractivity contribution in [1.29, 1.82) is 0 Å². The number of benzene rings is 1. The van der Waals surface area contributed by atoms with E-state index < -0.39 is 0 Å². The lowest BCUT2D eigenvalue weighted by Gasteiger charge is -1.99. The Morgan fingerprint density at radius 3 is 2.83 bits per heavy atom. The number of rotatable bonds is 5. The Morgan fingerprint density at radius 2 is 2.13 bits per heavy atom. The molecule has 3 aromatic rings. The van der Waals surface area contributed by atoms with Crippen LogP contribution in [0.15, 0.2) is 39.3 Å². The number of thioether (sulfide) groups is 1. The highest BCUT2D eigenvalue weighted by Crippen LogP contribution is 2.25. The summed E-state index contributed by atoms with van der Waals surface area (Å²) in [5.74, 6) is 0.0843. The van der Waals surface area contributed by atoms with Crippen LogP contribution in [-0.4, -0.2) is 26.8 Å². The van der Waals surface area contributed by atoms with E-state index in [4.69, 9.17) is 4.42 Å². The maximum absolute atomic E-state index is 12.9.